The van der Waals surface area contributed by atoms with Gasteiger partial charge in [-0.3, -0.25) is 10.1 Å². The molecule has 100 valence electrons. The Bertz CT molecular complexity index is 518. The maximum Gasteiger partial charge on any atom is 0.270 e. The highest BCUT2D eigenvalue weighted by Crippen LogP contribution is 2.27. The van der Waals surface area contributed by atoms with Crippen molar-refractivity contribution in [2.24, 2.45) is 0 Å². The number of nitro groups is 1. The van der Waals surface area contributed by atoms with Gasteiger partial charge in [-0.05, 0) is 18.9 Å². The minimum absolute atomic E-state index is 0.0549. The second-order valence-electron chi connectivity index (χ2n) is 4.52. The van der Waals surface area contributed by atoms with Gasteiger partial charge in [-0.2, -0.15) is 5.26 Å². The average Bonchev–Trinajstić information content (AvgIpc) is 2.46. The van der Waals surface area contributed by atoms with Crippen LogP contribution in [0.2, 0.25) is 0 Å². The van der Waals surface area contributed by atoms with Crippen LogP contribution in [0, 0.1) is 21.4 Å². The zero-order chi connectivity index (χ0) is 13.8. The van der Waals surface area contributed by atoms with Crippen molar-refractivity contribution in [3.05, 3.63) is 33.9 Å². The molecule has 6 nitrogen and oxygen atoms in total. The van der Waals surface area contributed by atoms with Crippen LogP contribution in [-0.2, 0) is 4.74 Å². The summed E-state index contributed by atoms with van der Waals surface area (Å²) >= 11 is 0. The second-order valence-corrected chi connectivity index (χ2v) is 4.52. The molecule has 0 aliphatic carbocycles. The number of hydrogen-bond donors (Lipinski definition) is 0. The molecule has 0 bridgehead atoms. The van der Waals surface area contributed by atoms with Crippen molar-refractivity contribution in [1.82, 2.24) is 0 Å². The molecule has 1 aliphatic heterocycles. The number of ether oxygens (including phenoxy) is 1. The number of hydrogen-bond acceptors (Lipinski definition) is 5. The standard InChI is InChI=1S/C13H15N3O3/c1-15(11-4-6-19-7-5-11)13-3-2-12(16(17)18)8-10(13)9-14/h2-3,8,11H,4-7H2,1H3. The molecule has 1 heterocycles. The topological polar surface area (TPSA) is 79.4 Å². The van der Waals surface area contributed by atoms with Crippen molar-refractivity contribution >= 4 is 11.4 Å². The van der Waals surface area contributed by atoms with Gasteiger partial charge < -0.3 is 9.64 Å². The molecule has 1 aliphatic rings. The van der Waals surface area contributed by atoms with Gasteiger partial charge in [0.15, 0.2) is 0 Å². The summed E-state index contributed by atoms with van der Waals surface area (Å²) in [6.07, 6.45) is 1.80. The Morgan fingerprint density at radius 1 is 1.47 bits per heavy atom. The highest BCUT2D eigenvalue weighted by Gasteiger charge is 2.21. The third-order valence-corrected chi connectivity index (χ3v) is 3.43. The smallest absolute Gasteiger partial charge is 0.270 e. The molecule has 1 aromatic rings. The molecule has 6 heteroatoms. The molecule has 0 unspecified atom stereocenters. The molecule has 0 N–H and O–H groups in total. The number of benzene rings is 1. The van der Waals surface area contributed by atoms with E-state index in [1.165, 1.54) is 12.1 Å². The van der Waals surface area contributed by atoms with E-state index in [1.54, 1.807) is 6.07 Å². The lowest BCUT2D eigenvalue weighted by atomic mass is 10.0. The maximum absolute atomic E-state index is 10.7. The first-order valence-electron chi connectivity index (χ1n) is 6.12. The van der Waals surface area contributed by atoms with Gasteiger partial charge in [0.1, 0.15) is 6.07 Å². The lowest BCUT2D eigenvalue weighted by molar-refractivity contribution is -0.384. The van der Waals surface area contributed by atoms with Crippen LogP contribution in [-0.4, -0.2) is 31.2 Å². The summed E-state index contributed by atoms with van der Waals surface area (Å²) in [5.74, 6) is 0. The summed E-state index contributed by atoms with van der Waals surface area (Å²) in [7, 11) is 1.91. The number of non-ortho nitro benzene ring substituents is 1. The zero-order valence-corrected chi connectivity index (χ0v) is 10.7. The number of nitriles is 1. The predicted octanol–water partition coefficient (Wildman–Crippen LogP) is 2.08. The van der Waals surface area contributed by atoms with E-state index in [9.17, 15) is 10.1 Å². The molecule has 0 saturated carbocycles. The molecule has 1 fully saturated rings. The molecule has 0 atom stereocenters. The monoisotopic (exact) mass is 261 g/mol. The molecule has 19 heavy (non-hydrogen) atoms. The van der Waals surface area contributed by atoms with Crippen LogP contribution in [0.4, 0.5) is 11.4 Å². The SMILES string of the molecule is CN(c1ccc([N+](=O)[O-])cc1C#N)C1CCOCC1. The lowest BCUT2D eigenvalue weighted by Crippen LogP contribution is -2.37. The Morgan fingerprint density at radius 3 is 2.74 bits per heavy atom. The van der Waals surface area contributed by atoms with Gasteiger partial charge in [-0.15, -0.1) is 0 Å². The minimum atomic E-state index is -0.487. The van der Waals surface area contributed by atoms with Gasteiger partial charge >= 0.3 is 0 Å². The van der Waals surface area contributed by atoms with E-state index in [1.807, 2.05) is 18.0 Å². The second kappa shape index (κ2) is 5.67. The molecule has 1 saturated heterocycles. The molecule has 0 spiro atoms. The molecular weight excluding hydrogens is 246 g/mol. The third kappa shape index (κ3) is 2.83. The Balaban J connectivity index is 2.28. The van der Waals surface area contributed by atoms with Gasteiger partial charge in [0.2, 0.25) is 0 Å². The number of nitro benzene ring substituents is 1. The van der Waals surface area contributed by atoms with E-state index in [0.717, 1.165) is 18.5 Å². The quantitative estimate of drug-likeness (QED) is 0.614. The summed E-state index contributed by atoms with van der Waals surface area (Å²) < 4.78 is 5.31. The van der Waals surface area contributed by atoms with Crippen LogP contribution in [0.25, 0.3) is 0 Å². The number of anilines is 1. The number of rotatable bonds is 3. The highest BCUT2D eigenvalue weighted by molar-refractivity contribution is 5.63. The van der Waals surface area contributed by atoms with Crippen molar-refractivity contribution in [3.8, 4) is 6.07 Å². The van der Waals surface area contributed by atoms with E-state index in [-0.39, 0.29) is 5.69 Å². The van der Waals surface area contributed by atoms with Crippen molar-refractivity contribution in [2.45, 2.75) is 18.9 Å². The normalized spacial score (nSPS) is 15.8. The first-order valence-corrected chi connectivity index (χ1v) is 6.12. The first-order chi connectivity index (χ1) is 9.13. The van der Waals surface area contributed by atoms with Gasteiger partial charge in [0.25, 0.3) is 5.69 Å². The zero-order valence-electron chi connectivity index (χ0n) is 10.7. The summed E-state index contributed by atoms with van der Waals surface area (Å²) in [5.41, 5.74) is 1.02. The van der Waals surface area contributed by atoms with Gasteiger partial charge in [0, 0.05) is 38.4 Å². The summed E-state index contributed by atoms with van der Waals surface area (Å²) in [4.78, 5) is 12.2. The van der Waals surface area contributed by atoms with Gasteiger partial charge in [-0.25, -0.2) is 0 Å². The van der Waals surface area contributed by atoms with E-state index < -0.39 is 4.92 Å². The van der Waals surface area contributed by atoms with Crippen LogP contribution in [0.1, 0.15) is 18.4 Å². The van der Waals surface area contributed by atoms with Crippen molar-refractivity contribution in [1.29, 1.82) is 5.26 Å². The Labute approximate surface area is 111 Å². The Kier molecular flexibility index (Phi) is 3.97. The van der Waals surface area contributed by atoms with E-state index in [2.05, 4.69) is 0 Å². The maximum atomic E-state index is 10.7. The van der Waals surface area contributed by atoms with Crippen LogP contribution in [0.15, 0.2) is 18.2 Å². The van der Waals surface area contributed by atoms with E-state index in [0.29, 0.717) is 24.8 Å². The van der Waals surface area contributed by atoms with E-state index >= 15 is 0 Å². The summed E-state index contributed by atoms with van der Waals surface area (Å²) in [6.45, 7) is 1.42. The van der Waals surface area contributed by atoms with Crippen molar-refractivity contribution in [2.75, 3.05) is 25.2 Å². The number of nitrogens with zero attached hydrogens (tertiary/aromatic N) is 3. The van der Waals surface area contributed by atoms with Crippen LogP contribution >= 0.6 is 0 Å². The molecule has 0 amide bonds. The molecule has 0 aromatic heterocycles. The van der Waals surface area contributed by atoms with Crippen molar-refractivity contribution < 1.29 is 9.66 Å². The first kappa shape index (κ1) is 13.3. The van der Waals surface area contributed by atoms with Crippen LogP contribution in [0.3, 0.4) is 0 Å². The average molecular weight is 261 g/mol. The molecule has 2 rings (SSSR count). The molecular formula is C13H15N3O3. The highest BCUT2D eigenvalue weighted by atomic mass is 16.6. The van der Waals surface area contributed by atoms with Gasteiger partial charge in [-0.1, -0.05) is 0 Å². The largest absolute Gasteiger partial charge is 0.381 e. The third-order valence-electron chi connectivity index (χ3n) is 3.43. The minimum Gasteiger partial charge on any atom is -0.381 e. The Hall–Kier alpha value is -2.13. The fourth-order valence-corrected chi connectivity index (χ4v) is 2.30. The predicted molar refractivity (Wildman–Crippen MR) is 70.1 cm³/mol. The lowest BCUT2D eigenvalue weighted by Gasteiger charge is -2.33. The summed E-state index contributed by atoms with van der Waals surface area (Å²) in [6, 6.07) is 6.75. The molecule has 1 aromatic carbocycles. The summed E-state index contributed by atoms with van der Waals surface area (Å²) in [5, 5.41) is 19.9. The van der Waals surface area contributed by atoms with Crippen LogP contribution < -0.4 is 4.90 Å². The fourth-order valence-electron chi connectivity index (χ4n) is 2.30. The van der Waals surface area contributed by atoms with Gasteiger partial charge in [0.05, 0.1) is 16.2 Å². The van der Waals surface area contributed by atoms with Crippen molar-refractivity contribution in [3.63, 3.8) is 0 Å². The van der Waals surface area contributed by atoms with E-state index in [4.69, 9.17) is 10.00 Å². The fraction of sp³-hybridized carbons (Fsp3) is 0.462. The Morgan fingerprint density at radius 2 is 2.16 bits per heavy atom. The van der Waals surface area contributed by atoms with Crippen LogP contribution in [0.5, 0.6) is 0 Å². The molecule has 0 radical (unpaired) electrons.